The first-order chi connectivity index (χ1) is 14.5. The molecule has 1 aliphatic rings. The van der Waals surface area contributed by atoms with Gasteiger partial charge in [-0.05, 0) is 42.0 Å². The number of anilines is 1. The Morgan fingerprint density at radius 2 is 1.80 bits per heavy atom. The van der Waals surface area contributed by atoms with Crippen LogP contribution in [0.1, 0.15) is 29.9 Å². The van der Waals surface area contributed by atoms with Crippen molar-refractivity contribution in [3.05, 3.63) is 69.8 Å². The summed E-state index contributed by atoms with van der Waals surface area (Å²) in [5.74, 6) is -0.352. The van der Waals surface area contributed by atoms with Crippen molar-refractivity contribution >= 4 is 23.3 Å². The Morgan fingerprint density at radius 3 is 2.43 bits per heavy atom. The summed E-state index contributed by atoms with van der Waals surface area (Å²) in [6.07, 6.45) is 2.07. The molecule has 8 nitrogen and oxygen atoms in total. The van der Waals surface area contributed by atoms with Crippen LogP contribution >= 0.6 is 0 Å². The largest absolute Gasteiger partial charge is 0.468 e. The number of hydrogen-bond acceptors (Lipinski definition) is 6. The molecule has 30 heavy (non-hydrogen) atoms. The van der Waals surface area contributed by atoms with Crippen LogP contribution in [0.5, 0.6) is 0 Å². The molecule has 1 N–H and O–H groups in total. The van der Waals surface area contributed by atoms with Gasteiger partial charge in [0.1, 0.15) is 6.54 Å². The van der Waals surface area contributed by atoms with Crippen molar-refractivity contribution < 1.29 is 19.2 Å². The van der Waals surface area contributed by atoms with Gasteiger partial charge in [0.15, 0.2) is 0 Å². The van der Waals surface area contributed by atoms with Gasteiger partial charge in [0, 0.05) is 30.9 Å². The summed E-state index contributed by atoms with van der Waals surface area (Å²) < 4.78 is 4.54. The summed E-state index contributed by atoms with van der Waals surface area (Å²) in [4.78, 5) is 36.1. The molecule has 1 saturated heterocycles. The highest BCUT2D eigenvalue weighted by atomic mass is 16.6. The number of hydrogen-bond donors (Lipinski definition) is 1. The molecule has 1 fully saturated rings. The van der Waals surface area contributed by atoms with Crippen molar-refractivity contribution in [2.24, 2.45) is 0 Å². The van der Waals surface area contributed by atoms with E-state index in [9.17, 15) is 19.7 Å². The molecule has 8 heteroatoms. The molecule has 1 aliphatic heterocycles. The van der Waals surface area contributed by atoms with Gasteiger partial charge in [0.25, 0.3) is 5.69 Å². The molecular weight excluding hydrogens is 386 g/mol. The predicted octanol–water partition coefficient (Wildman–Crippen LogP) is 2.81. The van der Waals surface area contributed by atoms with Crippen LogP contribution in [0.25, 0.3) is 0 Å². The maximum Gasteiger partial charge on any atom is 0.325 e. The highest BCUT2D eigenvalue weighted by Gasteiger charge is 2.23. The van der Waals surface area contributed by atoms with E-state index in [1.165, 1.54) is 19.2 Å². The molecule has 2 aromatic rings. The molecule has 0 aromatic heterocycles. The molecule has 2 aromatic carbocycles. The van der Waals surface area contributed by atoms with E-state index in [4.69, 9.17) is 0 Å². The summed E-state index contributed by atoms with van der Waals surface area (Å²) in [5.41, 5.74) is 3.20. The molecule has 158 valence electrons. The first-order valence-electron chi connectivity index (χ1n) is 9.88. The monoisotopic (exact) mass is 411 g/mol. The summed E-state index contributed by atoms with van der Waals surface area (Å²) in [6.45, 7) is 1.54. The number of amides is 1. The second-order valence-corrected chi connectivity index (χ2v) is 7.26. The number of nitro groups is 1. The third kappa shape index (κ3) is 5.34. The summed E-state index contributed by atoms with van der Waals surface area (Å²) >= 11 is 0. The maximum absolute atomic E-state index is 12.2. The van der Waals surface area contributed by atoms with Gasteiger partial charge in [-0.2, -0.15) is 0 Å². The third-order valence-electron chi connectivity index (χ3n) is 5.42. The van der Waals surface area contributed by atoms with Crippen LogP contribution in [0, 0.1) is 10.1 Å². The minimum absolute atomic E-state index is 0.0908. The van der Waals surface area contributed by atoms with E-state index < -0.39 is 10.9 Å². The van der Waals surface area contributed by atoms with Gasteiger partial charge >= 0.3 is 5.97 Å². The average molecular weight is 411 g/mol. The topological polar surface area (TPSA) is 102 Å². The SMILES string of the molecule is COC(=O)CNC(=O)Cc1ccccc1C1CCN(c2ccc([N+](=O)[O-])cc2)CC1. The molecular formula is C22H25N3O5. The zero-order valence-corrected chi connectivity index (χ0v) is 16.9. The lowest BCUT2D eigenvalue weighted by Crippen LogP contribution is -2.34. The van der Waals surface area contributed by atoms with E-state index in [0.717, 1.165) is 42.7 Å². The summed E-state index contributed by atoms with van der Waals surface area (Å²) in [7, 11) is 1.28. The third-order valence-corrected chi connectivity index (χ3v) is 5.42. The van der Waals surface area contributed by atoms with Gasteiger partial charge in [0.05, 0.1) is 18.5 Å². The number of nitrogens with one attached hydrogen (secondary N) is 1. The molecule has 1 amide bonds. The van der Waals surface area contributed by atoms with Gasteiger partial charge in [-0.3, -0.25) is 19.7 Å². The highest BCUT2D eigenvalue weighted by Crippen LogP contribution is 2.33. The van der Waals surface area contributed by atoms with E-state index in [-0.39, 0.29) is 24.6 Å². The van der Waals surface area contributed by atoms with Gasteiger partial charge in [-0.15, -0.1) is 0 Å². The van der Waals surface area contributed by atoms with Gasteiger partial charge in [0.2, 0.25) is 5.91 Å². The Hall–Kier alpha value is -3.42. The number of carbonyl (C=O) groups excluding carboxylic acids is 2. The van der Waals surface area contributed by atoms with Crippen molar-refractivity contribution in [1.82, 2.24) is 5.32 Å². The molecule has 0 saturated carbocycles. The number of esters is 1. The molecule has 1 heterocycles. The molecule has 0 aliphatic carbocycles. The van der Waals surface area contributed by atoms with Crippen LogP contribution in [0.2, 0.25) is 0 Å². The van der Waals surface area contributed by atoms with Crippen LogP contribution in [-0.2, 0) is 20.7 Å². The number of methoxy groups -OCH3 is 1. The number of piperidine rings is 1. The normalized spacial score (nSPS) is 14.2. The molecule has 3 rings (SSSR count). The first-order valence-corrected chi connectivity index (χ1v) is 9.88. The van der Waals surface area contributed by atoms with E-state index >= 15 is 0 Å². The smallest absolute Gasteiger partial charge is 0.325 e. The fourth-order valence-corrected chi connectivity index (χ4v) is 3.81. The molecule has 0 unspecified atom stereocenters. The van der Waals surface area contributed by atoms with Crippen molar-refractivity contribution in [2.75, 3.05) is 31.6 Å². The Labute approximate surface area is 175 Å². The fourth-order valence-electron chi connectivity index (χ4n) is 3.81. The number of nitro benzene ring substituents is 1. The molecule has 0 bridgehead atoms. The van der Waals surface area contributed by atoms with Crippen LogP contribution < -0.4 is 10.2 Å². The maximum atomic E-state index is 12.2. The highest BCUT2D eigenvalue weighted by molar-refractivity contribution is 5.83. The predicted molar refractivity (Wildman–Crippen MR) is 112 cm³/mol. The Bertz CT molecular complexity index is 905. The number of benzene rings is 2. The number of nitrogens with zero attached hydrogens (tertiary/aromatic N) is 2. The second kappa shape index (κ2) is 9.87. The zero-order chi connectivity index (χ0) is 21.5. The fraction of sp³-hybridized carbons (Fsp3) is 0.364. The second-order valence-electron chi connectivity index (χ2n) is 7.26. The summed E-state index contributed by atoms with van der Waals surface area (Å²) in [5, 5.41) is 13.4. The lowest BCUT2D eigenvalue weighted by molar-refractivity contribution is -0.384. The van der Waals surface area contributed by atoms with Gasteiger partial charge in [-0.25, -0.2) is 0 Å². The number of rotatable bonds is 7. The van der Waals surface area contributed by atoms with Crippen LogP contribution in [-0.4, -0.2) is 43.5 Å². The quantitative estimate of drug-likeness (QED) is 0.427. The lowest BCUT2D eigenvalue weighted by atomic mass is 9.85. The summed E-state index contributed by atoms with van der Waals surface area (Å²) in [6, 6.07) is 14.6. The average Bonchev–Trinajstić information content (AvgIpc) is 2.78. The molecule has 0 radical (unpaired) electrons. The molecule has 0 atom stereocenters. The van der Waals surface area contributed by atoms with Crippen LogP contribution in [0.3, 0.4) is 0 Å². The van der Waals surface area contributed by atoms with Crippen molar-refractivity contribution in [3.63, 3.8) is 0 Å². The van der Waals surface area contributed by atoms with Crippen molar-refractivity contribution in [2.45, 2.75) is 25.2 Å². The van der Waals surface area contributed by atoms with E-state index in [2.05, 4.69) is 21.0 Å². The Kier molecular flexibility index (Phi) is 7.00. The van der Waals surface area contributed by atoms with Crippen molar-refractivity contribution in [1.29, 1.82) is 0 Å². The minimum atomic E-state index is -0.477. The minimum Gasteiger partial charge on any atom is -0.468 e. The number of ether oxygens (including phenoxy) is 1. The Balaban J connectivity index is 1.61. The van der Waals surface area contributed by atoms with Crippen molar-refractivity contribution in [3.8, 4) is 0 Å². The van der Waals surface area contributed by atoms with Crippen LogP contribution in [0.15, 0.2) is 48.5 Å². The number of non-ortho nitro benzene ring substituents is 1. The van der Waals surface area contributed by atoms with E-state index in [0.29, 0.717) is 5.92 Å². The van der Waals surface area contributed by atoms with Crippen LogP contribution in [0.4, 0.5) is 11.4 Å². The van der Waals surface area contributed by atoms with Gasteiger partial charge in [-0.1, -0.05) is 24.3 Å². The number of carbonyl (C=O) groups is 2. The molecule has 0 spiro atoms. The lowest BCUT2D eigenvalue weighted by Gasteiger charge is -2.34. The zero-order valence-electron chi connectivity index (χ0n) is 16.9. The first kappa shape index (κ1) is 21.3. The Morgan fingerprint density at radius 1 is 1.13 bits per heavy atom. The standard InChI is InChI=1S/C22H25N3O5/c1-30-22(27)15-23-21(26)14-17-4-2-3-5-20(17)16-10-12-24(13-11-16)18-6-8-19(9-7-18)25(28)29/h2-9,16H,10-15H2,1H3,(H,23,26). The van der Waals surface area contributed by atoms with E-state index in [1.54, 1.807) is 12.1 Å². The van der Waals surface area contributed by atoms with E-state index in [1.807, 2.05) is 18.2 Å². The van der Waals surface area contributed by atoms with Gasteiger partial charge < -0.3 is 15.0 Å².